The van der Waals surface area contributed by atoms with Crippen molar-refractivity contribution in [1.82, 2.24) is 5.32 Å². The molecule has 0 aliphatic heterocycles. The van der Waals surface area contributed by atoms with E-state index in [4.69, 9.17) is 11.6 Å². The van der Waals surface area contributed by atoms with Gasteiger partial charge in [0.15, 0.2) is 0 Å². The predicted octanol–water partition coefficient (Wildman–Crippen LogP) is 3.55. The molecule has 1 rings (SSSR count). The van der Waals surface area contributed by atoms with Crippen LogP contribution in [-0.2, 0) is 4.79 Å². The van der Waals surface area contributed by atoms with Crippen LogP contribution in [0.25, 0.3) is 0 Å². The number of halogens is 4. The molecule has 0 saturated heterocycles. The van der Waals surface area contributed by atoms with Gasteiger partial charge < -0.3 is 10.1 Å². The fraction of sp³-hybridized carbons (Fsp3) is 0.429. The first-order valence-electron chi connectivity index (χ1n) is 6.43. The standard InChI is InChI=1S/C14H16ClF3N2O2/c1-8(2)20-7-10(13(21)19-3)9-4-5-11(15)12(6-9)22-14(16,17)18/h4-6,8,10,20H,3,7H2,1-2H3/t10-/m1/s1. The first-order chi connectivity index (χ1) is 10.1. The quantitative estimate of drug-likeness (QED) is 0.808. The second kappa shape index (κ2) is 7.60. The Balaban J connectivity index is 3.11. The molecular weight excluding hydrogens is 321 g/mol. The van der Waals surface area contributed by atoms with Crippen molar-refractivity contribution in [3.63, 3.8) is 0 Å². The fourth-order valence-corrected chi connectivity index (χ4v) is 1.91. The van der Waals surface area contributed by atoms with E-state index in [1.807, 2.05) is 13.8 Å². The number of hydrogen-bond donors (Lipinski definition) is 1. The number of rotatable bonds is 6. The lowest BCUT2D eigenvalue weighted by Gasteiger charge is -2.18. The first kappa shape index (κ1) is 18.4. The maximum atomic E-state index is 12.3. The molecule has 22 heavy (non-hydrogen) atoms. The van der Waals surface area contributed by atoms with Gasteiger partial charge in [-0.3, -0.25) is 4.79 Å². The van der Waals surface area contributed by atoms with Gasteiger partial charge in [0, 0.05) is 12.6 Å². The van der Waals surface area contributed by atoms with Crippen LogP contribution in [0.5, 0.6) is 5.75 Å². The second-order valence-electron chi connectivity index (χ2n) is 4.85. The van der Waals surface area contributed by atoms with E-state index in [9.17, 15) is 18.0 Å². The molecule has 8 heteroatoms. The van der Waals surface area contributed by atoms with Crippen LogP contribution in [0.15, 0.2) is 23.2 Å². The number of nitrogens with zero attached hydrogens (tertiary/aromatic N) is 1. The topological polar surface area (TPSA) is 50.7 Å². The van der Waals surface area contributed by atoms with E-state index in [0.717, 1.165) is 6.07 Å². The molecule has 1 aromatic rings. The average Bonchev–Trinajstić information content (AvgIpc) is 2.40. The lowest BCUT2D eigenvalue weighted by molar-refractivity contribution is -0.274. The van der Waals surface area contributed by atoms with Gasteiger partial charge in [-0.05, 0) is 24.4 Å². The molecule has 4 nitrogen and oxygen atoms in total. The lowest BCUT2D eigenvalue weighted by Crippen LogP contribution is -2.31. The first-order valence-corrected chi connectivity index (χ1v) is 6.81. The monoisotopic (exact) mass is 336 g/mol. The minimum atomic E-state index is -4.87. The van der Waals surface area contributed by atoms with Crippen LogP contribution in [-0.4, -0.2) is 31.6 Å². The number of nitrogens with one attached hydrogen (secondary N) is 1. The van der Waals surface area contributed by atoms with Crippen molar-refractivity contribution in [3.05, 3.63) is 28.8 Å². The van der Waals surface area contributed by atoms with Crippen LogP contribution in [0.1, 0.15) is 25.3 Å². The lowest BCUT2D eigenvalue weighted by atomic mass is 9.97. The Morgan fingerprint density at radius 1 is 1.45 bits per heavy atom. The zero-order valence-corrected chi connectivity index (χ0v) is 12.8. The Morgan fingerprint density at radius 3 is 2.59 bits per heavy atom. The minimum Gasteiger partial charge on any atom is -0.404 e. The molecule has 0 aromatic heterocycles. The zero-order chi connectivity index (χ0) is 16.9. The van der Waals surface area contributed by atoms with E-state index in [1.165, 1.54) is 12.1 Å². The van der Waals surface area contributed by atoms with Gasteiger partial charge in [-0.15, -0.1) is 13.2 Å². The van der Waals surface area contributed by atoms with Crippen LogP contribution in [0, 0.1) is 0 Å². The third kappa shape index (κ3) is 5.65. The third-order valence-electron chi connectivity index (χ3n) is 2.77. The van der Waals surface area contributed by atoms with Gasteiger partial charge in [0.2, 0.25) is 0 Å². The van der Waals surface area contributed by atoms with Crippen LogP contribution in [0.4, 0.5) is 13.2 Å². The van der Waals surface area contributed by atoms with Gasteiger partial charge in [0.05, 0.1) is 10.9 Å². The SMILES string of the molecule is C=NC(=O)[C@H](CNC(C)C)c1ccc(Cl)c(OC(F)(F)F)c1. The molecule has 0 saturated carbocycles. The highest BCUT2D eigenvalue weighted by molar-refractivity contribution is 6.32. The average molecular weight is 337 g/mol. The summed E-state index contributed by atoms with van der Waals surface area (Å²) >= 11 is 5.69. The number of alkyl halides is 3. The Labute approximate surface area is 131 Å². The van der Waals surface area contributed by atoms with Crippen molar-refractivity contribution in [2.45, 2.75) is 32.2 Å². The van der Waals surface area contributed by atoms with Gasteiger partial charge in [-0.1, -0.05) is 31.5 Å². The predicted molar refractivity (Wildman–Crippen MR) is 78.6 cm³/mol. The molecule has 1 N–H and O–H groups in total. The molecule has 0 unspecified atom stereocenters. The number of aliphatic imine (C=N–C) groups is 1. The van der Waals surface area contributed by atoms with E-state index < -0.39 is 23.9 Å². The molecule has 0 bridgehead atoms. The summed E-state index contributed by atoms with van der Waals surface area (Å²) in [4.78, 5) is 15.2. The molecule has 122 valence electrons. The number of hydrogen-bond acceptors (Lipinski definition) is 3. The highest BCUT2D eigenvalue weighted by atomic mass is 35.5. The summed E-state index contributed by atoms with van der Waals surface area (Å²) in [6.07, 6.45) is -4.87. The fourth-order valence-electron chi connectivity index (χ4n) is 1.75. The number of benzene rings is 1. The molecule has 0 spiro atoms. The van der Waals surface area contributed by atoms with E-state index in [0.29, 0.717) is 5.56 Å². The Bertz CT molecular complexity index is 547. The van der Waals surface area contributed by atoms with Crippen LogP contribution in [0.2, 0.25) is 5.02 Å². The van der Waals surface area contributed by atoms with Crippen LogP contribution >= 0.6 is 11.6 Å². The molecule has 0 radical (unpaired) electrons. The maximum Gasteiger partial charge on any atom is 0.573 e. The molecule has 0 aliphatic rings. The van der Waals surface area contributed by atoms with E-state index in [-0.39, 0.29) is 17.6 Å². The summed E-state index contributed by atoms with van der Waals surface area (Å²) in [7, 11) is 0. The van der Waals surface area contributed by atoms with Crippen molar-refractivity contribution in [1.29, 1.82) is 0 Å². The molecule has 0 heterocycles. The van der Waals surface area contributed by atoms with Crippen molar-refractivity contribution >= 4 is 24.2 Å². The van der Waals surface area contributed by atoms with E-state index >= 15 is 0 Å². The molecule has 1 aromatic carbocycles. The normalized spacial score (nSPS) is 13.0. The van der Waals surface area contributed by atoms with Crippen LogP contribution < -0.4 is 10.1 Å². The minimum absolute atomic E-state index is 0.0957. The Morgan fingerprint density at radius 2 is 2.09 bits per heavy atom. The van der Waals surface area contributed by atoms with Crippen molar-refractivity contribution in [2.75, 3.05) is 6.54 Å². The molecule has 0 aliphatic carbocycles. The van der Waals surface area contributed by atoms with Crippen molar-refractivity contribution in [3.8, 4) is 5.75 Å². The molecule has 1 amide bonds. The van der Waals surface area contributed by atoms with E-state index in [1.54, 1.807) is 0 Å². The van der Waals surface area contributed by atoms with Crippen LogP contribution in [0.3, 0.4) is 0 Å². The highest BCUT2D eigenvalue weighted by Gasteiger charge is 2.32. The highest BCUT2D eigenvalue weighted by Crippen LogP contribution is 2.33. The third-order valence-corrected chi connectivity index (χ3v) is 3.08. The Hall–Kier alpha value is -1.60. The largest absolute Gasteiger partial charge is 0.573 e. The maximum absolute atomic E-state index is 12.3. The van der Waals surface area contributed by atoms with Crippen molar-refractivity contribution < 1.29 is 22.7 Å². The van der Waals surface area contributed by atoms with Gasteiger partial charge in [-0.2, -0.15) is 0 Å². The smallest absolute Gasteiger partial charge is 0.404 e. The summed E-state index contributed by atoms with van der Waals surface area (Å²) in [6.45, 7) is 7.14. The summed E-state index contributed by atoms with van der Waals surface area (Å²) in [5.41, 5.74) is 0.314. The van der Waals surface area contributed by atoms with Gasteiger partial charge >= 0.3 is 6.36 Å². The van der Waals surface area contributed by atoms with Gasteiger partial charge in [-0.25, -0.2) is 4.99 Å². The molecule has 1 atom stereocenters. The van der Waals surface area contributed by atoms with Gasteiger partial charge in [0.1, 0.15) is 5.75 Å². The number of carbonyl (C=O) groups excluding carboxylic acids is 1. The molecular formula is C14H16ClF3N2O2. The number of ether oxygens (including phenoxy) is 1. The second-order valence-corrected chi connectivity index (χ2v) is 5.26. The summed E-state index contributed by atoms with van der Waals surface area (Å²) in [6, 6.07) is 3.89. The number of amides is 1. The molecule has 0 fully saturated rings. The van der Waals surface area contributed by atoms with E-state index in [2.05, 4.69) is 21.8 Å². The Kier molecular flexibility index (Phi) is 6.37. The zero-order valence-electron chi connectivity index (χ0n) is 12.1. The van der Waals surface area contributed by atoms with Crippen molar-refractivity contribution in [2.24, 2.45) is 4.99 Å². The number of carbonyl (C=O) groups is 1. The summed E-state index contributed by atoms with van der Waals surface area (Å²) < 4.78 is 40.9. The van der Waals surface area contributed by atoms with Gasteiger partial charge in [0.25, 0.3) is 5.91 Å². The summed E-state index contributed by atoms with van der Waals surface area (Å²) in [5, 5.41) is 2.84. The summed E-state index contributed by atoms with van der Waals surface area (Å²) in [5.74, 6) is -1.88.